The summed E-state index contributed by atoms with van der Waals surface area (Å²) in [4.78, 5) is 14.2. The van der Waals surface area contributed by atoms with E-state index in [2.05, 4.69) is 5.32 Å². The van der Waals surface area contributed by atoms with Crippen LogP contribution < -0.4 is 10.1 Å². The first-order valence-electron chi connectivity index (χ1n) is 6.06. The van der Waals surface area contributed by atoms with Gasteiger partial charge in [-0.15, -0.1) is 0 Å². The number of para-hydroxylation sites is 1. The molecule has 0 aromatic heterocycles. The zero-order chi connectivity index (χ0) is 13.1. The van der Waals surface area contributed by atoms with E-state index in [-0.39, 0.29) is 17.7 Å². The first-order valence-corrected chi connectivity index (χ1v) is 6.06. The summed E-state index contributed by atoms with van der Waals surface area (Å²) in [7, 11) is 1.47. The average Bonchev–Trinajstić information content (AvgIpc) is 2.33. The van der Waals surface area contributed by atoms with Gasteiger partial charge in [-0.25, -0.2) is 0 Å². The number of nitrogens with zero attached hydrogens (tertiary/aromatic N) is 1. The molecular weight excluding hydrogens is 232 g/mol. The number of likely N-dealkylation sites (N-methyl/N-ethyl adjacent to an activating group) is 1. The van der Waals surface area contributed by atoms with Crippen LogP contribution in [0.1, 0.15) is 17.3 Å². The minimum Gasteiger partial charge on any atom is -0.504 e. The fourth-order valence-electron chi connectivity index (χ4n) is 2.08. The van der Waals surface area contributed by atoms with Gasteiger partial charge in [-0.2, -0.15) is 0 Å². The lowest BCUT2D eigenvalue weighted by molar-refractivity contribution is 0.0626. The number of ether oxygens (including phenoxy) is 1. The first kappa shape index (κ1) is 12.7. The zero-order valence-corrected chi connectivity index (χ0v) is 10.6. The molecule has 1 heterocycles. The Hall–Kier alpha value is -1.75. The van der Waals surface area contributed by atoms with Crippen molar-refractivity contribution in [1.82, 2.24) is 10.2 Å². The maximum atomic E-state index is 12.4. The number of phenolic OH excluding ortho intramolecular Hbond substituents is 1. The van der Waals surface area contributed by atoms with Crippen molar-refractivity contribution in [1.29, 1.82) is 0 Å². The molecule has 0 unspecified atom stereocenters. The van der Waals surface area contributed by atoms with Crippen LogP contribution in [0.4, 0.5) is 0 Å². The fraction of sp³-hybridized carbons (Fsp3) is 0.462. The van der Waals surface area contributed by atoms with Crippen molar-refractivity contribution in [3.05, 3.63) is 23.8 Å². The van der Waals surface area contributed by atoms with E-state index >= 15 is 0 Å². The largest absolute Gasteiger partial charge is 0.504 e. The molecule has 1 saturated heterocycles. The molecule has 5 nitrogen and oxygen atoms in total. The minimum atomic E-state index is -0.152. The molecular formula is C13H18N2O3. The van der Waals surface area contributed by atoms with Crippen molar-refractivity contribution in [2.45, 2.75) is 13.0 Å². The summed E-state index contributed by atoms with van der Waals surface area (Å²) >= 11 is 0. The van der Waals surface area contributed by atoms with E-state index in [9.17, 15) is 9.90 Å². The van der Waals surface area contributed by atoms with E-state index in [0.29, 0.717) is 17.9 Å². The van der Waals surface area contributed by atoms with Gasteiger partial charge >= 0.3 is 0 Å². The lowest BCUT2D eigenvalue weighted by atomic mass is 10.1. The minimum absolute atomic E-state index is 0.0873. The van der Waals surface area contributed by atoms with E-state index < -0.39 is 0 Å². The number of amides is 1. The summed E-state index contributed by atoms with van der Waals surface area (Å²) < 4.78 is 5.02. The van der Waals surface area contributed by atoms with E-state index in [4.69, 9.17) is 4.74 Å². The molecule has 1 amide bonds. The number of carbonyl (C=O) groups excluding carboxylic acids is 1. The summed E-state index contributed by atoms with van der Waals surface area (Å²) in [5, 5.41) is 13.1. The molecule has 2 rings (SSSR count). The van der Waals surface area contributed by atoms with Gasteiger partial charge in [0.25, 0.3) is 5.91 Å². The van der Waals surface area contributed by atoms with Crippen LogP contribution in [-0.4, -0.2) is 48.7 Å². The van der Waals surface area contributed by atoms with Crippen LogP contribution in [0.2, 0.25) is 0 Å². The number of hydrogen-bond donors (Lipinski definition) is 2. The Bertz CT molecular complexity index is 444. The van der Waals surface area contributed by atoms with Crippen LogP contribution in [0, 0.1) is 0 Å². The summed E-state index contributed by atoms with van der Waals surface area (Å²) in [5.74, 6) is 0.0831. The number of phenols is 1. The van der Waals surface area contributed by atoms with Gasteiger partial charge < -0.3 is 20.1 Å². The average molecular weight is 250 g/mol. The molecule has 18 heavy (non-hydrogen) atoms. The van der Waals surface area contributed by atoms with Crippen LogP contribution in [0.15, 0.2) is 18.2 Å². The molecule has 0 spiro atoms. The number of nitrogens with one attached hydrogen (secondary N) is 1. The Morgan fingerprint density at radius 3 is 2.78 bits per heavy atom. The number of methoxy groups -OCH3 is 1. The molecule has 0 atom stereocenters. The summed E-state index contributed by atoms with van der Waals surface area (Å²) in [6.45, 7) is 4.18. The van der Waals surface area contributed by atoms with Gasteiger partial charge in [-0.1, -0.05) is 6.07 Å². The van der Waals surface area contributed by atoms with Crippen LogP contribution in [0.5, 0.6) is 11.5 Å². The van der Waals surface area contributed by atoms with Gasteiger partial charge in [0.15, 0.2) is 11.5 Å². The molecule has 0 aliphatic carbocycles. The molecule has 0 saturated carbocycles. The highest BCUT2D eigenvalue weighted by Gasteiger charge is 2.29. The Morgan fingerprint density at radius 1 is 1.56 bits per heavy atom. The lowest BCUT2D eigenvalue weighted by Crippen LogP contribution is -2.58. The second-order valence-electron chi connectivity index (χ2n) is 4.26. The van der Waals surface area contributed by atoms with Gasteiger partial charge in [0.05, 0.1) is 18.7 Å². The van der Waals surface area contributed by atoms with E-state index in [0.717, 1.165) is 13.1 Å². The standard InChI is InChI=1S/C13H18N2O3/c1-3-15(9-7-14-8-9)13(17)10-5-4-6-11(18-2)12(10)16/h4-6,9,14,16H,3,7-8H2,1-2H3. The number of aromatic hydroxyl groups is 1. The zero-order valence-electron chi connectivity index (χ0n) is 10.6. The van der Waals surface area contributed by atoms with Crippen molar-refractivity contribution >= 4 is 5.91 Å². The van der Waals surface area contributed by atoms with E-state index in [1.807, 2.05) is 6.92 Å². The Balaban J connectivity index is 2.26. The Labute approximate surface area is 106 Å². The summed E-state index contributed by atoms with van der Waals surface area (Å²) in [6.07, 6.45) is 0. The Kier molecular flexibility index (Phi) is 3.72. The van der Waals surface area contributed by atoms with Crippen molar-refractivity contribution in [3.8, 4) is 11.5 Å². The predicted molar refractivity (Wildman–Crippen MR) is 68.0 cm³/mol. The number of hydrogen-bond acceptors (Lipinski definition) is 4. The van der Waals surface area contributed by atoms with Crippen LogP contribution in [0.25, 0.3) is 0 Å². The monoisotopic (exact) mass is 250 g/mol. The van der Waals surface area contributed by atoms with Gasteiger partial charge in [-0.05, 0) is 19.1 Å². The lowest BCUT2D eigenvalue weighted by Gasteiger charge is -2.37. The van der Waals surface area contributed by atoms with Crippen molar-refractivity contribution in [3.63, 3.8) is 0 Å². The number of carbonyl (C=O) groups is 1. The first-order chi connectivity index (χ1) is 8.69. The molecule has 1 aliphatic heterocycles. The van der Waals surface area contributed by atoms with Crippen LogP contribution >= 0.6 is 0 Å². The fourth-order valence-corrected chi connectivity index (χ4v) is 2.08. The highest BCUT2D eigenvalue weighted by atomic mass is 16.5. The van der Waals surface area contributed by atoms with E-state index in [1.54, 1.807) is 23.1 Å². The molecule has 98 valence electrons. The van der Waals surface area contributed by atoms with Gasteiger partial charge in [-0.3, -0.25) is 4.79 Å². The maximum Gasteiger partial charge on any atom is 0.258 e. The maximum absolute atomic E-state index is 12.4. The quantitative estimate of drug-likeness (QED) is 0.831. The molecule has 1 aromatic carbocycles. The molecule has 2 N–H and O–H groups in total. The third-order valence-corrected chi connectivity index (χ3v) is 3.25. The molecule has 1 aliphatic rings. The van der Waals surface area contributed by atoms with E-state index in [1.165, 1.54) is 7.11 Å². The third kappa shape index (κ3) is 2.13. The second kappa shape index (κ2) is 5.27. The molecule has 0 radical (unpaired) electrons. The second-order valence-corrected chi connectivity index (χ2v) is 4.26. The number of benzene rings is 1. The number of rotatable bonds is 4. The third-order valence-electron chi connectivity index (χ3n) is 3.25. The SMILES string of the molecule is CCN(C(=O)c1cccc(OC)c1O)C1CNC1. The van der Waals surface area contributed by atoms with Crippen molar-refractivity contribution in [2.24, 2.45) is 0 Å². The Morgan fingerprint density at radius 2 is 2.28 bits per heavy atom. The molecule has 5 heteroatoms. The molecule has 1 fully saturated rings. The van der Waals surface area contributed by atoms with Crippen molar-refractivity contribution < 1.29 is 14.6 Å². The summed E-state index contributed by atoms with van der Waals surface area (Å²) in [6, 6.07) is 5.18. The smallest absolute Gasteiger partial charge is 0.258 e. The molecule has 0 bridgehead atoms. The highest BCUT2D eigenvalue weighted by Crippen LogP contribution is 2.30. The topological polar surface area (TPSA) is 61.8 Å². The summed E-state index contributed by atoms with van der Waals surface area (Å²) in [5.41, 5.74) is 0.295. The molecule has 1 aromatic rings. The normalized spacial score (nSPS) is 15.0. The van der Waals surface area contributed by atoms with Gasteiger partial charge in [0.1, 0.15) is 0 Å². The highest BCUT2D eigenvalue weighted by molar-refractivity contribution is 5.97. The van der Waals surface area contributed by atoms with Crippen LogP contribution in [-0.2, 0) is 0 Å². The van der Waals surface area contributed by atoms with Gasteiger partial charge in [0.2, 0.25) is 0 Å². The predicted octanol–water partition coefficient (Wildman–Crippen LogP) is 0.835. The van der Waals surface area contributed by atoms with Crippen molar-refractivity contribution in [2.75, 3.05) is 26.7 Å². The van der Waals surface area contributed by atoms with Crippen LogP contribution in [0.3, 0.4) is 0 Å². The van der Waals surface area contributed by atoms with Gasteiger partial charge in [0, 0.05) is 19.6 Å².